The van der Waals surface area contributed by atoms with Crippen LogP contribution in [0.5, 0.6) is 0 Å². The van der Waals surface area contributed by atoms with E-state index in [4.69, 9.17) is 11.6 Å². The second-order valence-electron chi connectivity index (χ2n) is 6.59. The van der Waals surface area contributed by atoms with Crippen LogP contribution in [0.1, 0.15) is 18.4 Å². The Labute approximate surface area is 157 Å². The molecule has 0 saturated carbocycles. The van der Waals surface area contributed by atoms with Gasteiger partial charge in [0.25, 0.3) is 0 Å². The number of urea groups is 1. The van der Waals surface area contributed by atoms with Gasteiger partial charge in [0.05, 0.1) is 6.54 Å². The first-order valence-corrected chi connectivity index (χ1v) is 9.23. The van der Waals surface area contributed by atoms with Gasteiger partial charge in [-0.3, -0.25) is 19.4 Å². The van der Waals surface area contributed by atoms with Crippen molar-refractivity contribution < 1.29 is 14.4 Å². The highest BCUT2D eigenvalue weighted by atomic mass is 35.5. The van der Waals surface area contributed by atoms with E-state index in [1.807, 2.05) is 23.1 Å². The van der Waals surface area contributed by atoms with Gasteiger partial charge in [0.1, 0.15) is 0 Å². The van der Waals surface area contributed by atoms with Crippen molar-refractivity contribution in [2.75, 3.05) is 39.3 Å². The van der Waals surface area contributed by atoms with E-state index in [1.54, 1.807) is 0 Å². The Balaban J connectivity index is 1.38. The molecule has 26 heavy (non-hydrogen) atoms. The van der Waals surface area contributed by atoms with Gasteiger partial charge < -0.3 is 10.2 Å². The van der Waals surface area contributed by atoms with Crippen LogP contribution >= 0.6 is 11.6 Å². The maximum Gasteiger partial charge on any atom is 0.324 e. The summed E-state index contributed by atoms with van der Waals surface area (Å²) in [4.78, 5) is 40.6. The van der Waals surface area contributed by atoms with Gasteiger partial charge in [-0.1, -0.05) is 23.7 Å². The Bertz CT molecular complexity index is 673. The lowest BCUT2D eigenvalue weighted by Gasteiger charge is -2.35. The van der Waals surface area contributed by atoms with Crippen molar-refractivity contribution in [2.45, 2.75) is 19.4 Å². The first kappa shape index (κ1) is 18.7. The minimum atomic E-state index is -0.364. The number of hydrogen-bond acceptors (Lipinski definition) is 4. The largest absolute Gasteiger partial charge is 0.340 e. The van der Waals surface area contributed by atoms with Gasteiger partial charge in [0.15, 0.2) is 0 Å². The third-order valence-corrected chi connectivity index (χ3v) is 4.96. The SMILES string of the molecule is O=C(CCCN1C(=O)CNC1=O)N1CCN(Cc2cccc(Cl)c2)CC1. The van der Waals surface area contributed by atoms with E-state index in [0.717, 1.165) is 24.7 Å². The molecular weight excluding hydrogens is 356 g/mol. The summed E-state index contributed by atoms with van der Waals surface area (Å²) >= 11 is 6.02. The van der Waals surface area contributed by atoms with Gasteiger partial charge in [-0.15, -0.1) is 0 Å². The first-order chi connectivity index (χ1) is 12.5. The Kier molecular flexibility index (Phi) is 6.11. The second-order valence-corrected chi connectivity index (χ2v) is 7.03. The Hall–Kier alpha value is -2.12. The van der Waals surface area contributed by atoms with E-state index in [0.29, 0.717) is 32.5 Å². The Morgan fingerprint density at radius 2 is 1.92 bits per heavy atom. The number of nitrogens with zero attached hydrogens (tertiary/aromatic N) is 3. The van der Waals surface area contributed by atoms with Crippen molar-refractivity contribution in [3.8, 4) is 0 Å². The molecule has 3 rings (SSSR count). The average molecular weight is 379 g/mol. The van der Waals surface area contributed by atoms with E-state index >= 15 is 0 Å². The van der Waals surface area contributed by atoms with Crippen LogP contribution in [-0.4, -0.2) is 71.8 Å². The summed E-state index contributed by atoms with van der Waals surface area (Å²) in [6.07, 6.45) is 0.853. The van der Waals surface area contributed by atoms with Crippen LogP contribution in [0.25, 0.3) is 0 Å². The molecule has 0 spiro atoms. The molecule has 0 aliphatic carbocycles. The fraction of sp³-hybridized carbons (Fsp3) is 0.500. The van der Waals surface area contributed by atoms with Crippen LogP contribution in [-0.2, 0) is 16.1 Å². The predicted octanol–water partition coefficient (Wildman–Crippen LogP) is 1.32. The van der Waals surface area contributed by atoms with E-state index in [9.17, 15) is 14.4 Å². The number of rotatable bonds is 6. The van der Waals surface area contributed by atoms with Crippen molar-refractivity contribution in [1.29, 1.82) is 0 Å². The average Bonchev–Trinajstić information content (AvgIpc) is 2.94. The van der Waals surface area contributed by atoms with Gasteiger partial charge in [-0.05, 0) is 24.1 Å². The van der Waals surface area contributed by atoms with Crippen molar-refractivity contribution in [3.05, 3.63) is 34.9 Å². The predicted molar refractivity (Wildman–Crippen MR) is 97.7 cm³/mol. The number of amides is 4. The summed E-state index contributed by atoms with van der Waals surface area (Å²) in [5.41, 5.74) is 1.17. The molecular formula is C18H23ClN4O3. The zero-order valence-corrected chi connectivity index (χ0v) is 15.4. The van der Waals surface area contributed by atoms with Gasteiger partial charge >= 0.3 is 6.03 Å². The van der Waals surface area contributed by atoms with Gasteiger partial charge in [0, 0.05) is 50.7 Å². The Morgan fingerprint density at radius 3 is 2.58 bits per heavy atom. The number of halogens is 1. The maximum atomic E-state index is 12.3. The number of benzene rings is 1. The number of hydrogen-bond donors (Lipinski definition) is 1. The highest BCUT2D eigenvalue weighted by Crippen LogP contribution is 2.14. The number of piperazine rings is 1. The van der Waals surface area contributed by atoms with Crippen molar-refractivity contribution in [2.24, 2.45) is 0 Å². The highest BCUT2D eigenvalue weighted by Gasteiger charge is 2.28. The summed E-state index contributed by atoms with van der Waals surface area (Å²) in [5.74, 6) is -0.142. The van der Waals surface area contributed by atoms with Gasteiger partial charge in [-0.2, -0.15) is 0 Å². The minimum absolute atomic E-state index is 0.0569. The lowest BCUT2D eigenvalue weighted by Crippen LogP contribution is -2.48. The van der Waals surface area contributed by atoms with Crippen molar-refractivity contribution >= 4 is 29.4 Å². The van der Waals surface area contributed by atoms with Crippen LogP contribution in [0.3, 0.4) is 0 Å². The molecule has 1 aromatic carbocycles. The molecule has 0 unspecified atom stereocenters. The molecule has 0 atom stereocenters. The summed E-state index contributed by atoms with van der Waals surface area (Å²) < 4.78 is 0. The molecule has 7 nitrogen and oxygen atoms in total. The van der Waals surface area contributed by atoms with E-state index in [-0.39, 0.29) is 24.4 Å². The third-order valence-electron chi connectivity index (χ3n) is 4.73. The van der Waals surface area contributed by atoms with Crippen LogP contribution in [0.2, 0.25) is 5.02 Å². The normalized spacial score (nSPS) is 18.3. The molecule has 2 saturated heterocycles. The topological polar surface area (TPSA) is 73.0 Å². The molecule has 2 fully saturated rings. The molecule has 2 aliphatic rings. The molecule has 4 amide bonds. The summed E-state index contributed by atoms with van der Waals surface area (Å²) in [6, 6.07) is 7.47. The van der Waals surface area contributed by atoms with E-state index in [2.05, 4.69) is 16.3 Å². The summed E-state index contributed by atoms with van der Waals surface area (Å²) in [5, 5.41) is 3.21. The van der Waals surface area contributed by atoms with E-state index in [1.165, 1.54) is 10.5 Å². The summed E-state index contributed by atoms with van der Waals surface area (Å²) in [7, 11) is 0. The lowest BCUT2D eigenvalue weighted by atomic mass is 10.2. The molecule has 0 aromatic heterocycles. The fourth-order valence-electron chi connectivity index (χ4n) is 3.28. The third kappa shape index (κ3) is 4.74. The summed E-state index contributed by atoms with van der Waals surface area (Å²) in [6.45, 7) is 4.23. The van der Waals surface area contributed by atoms with Crippen LogP contribution < -0.4 is 5.32 Å². The second kappa shape index (κ2) is 8.51. The Morgan fingerprint density at radius 1 is 1.15 bits per heavy atom. The molecule has 2 aliphatic heterocycles. The van der Waals surface area contributed by atoms with Gasteiger partial charge in [0.2, 0.25) is 11.8 Å². The standard InChI is InChI=1S/C18H23ClN4O3/c19-15-4-1-3-14(11-15)13-21-7-9-22(10-8-21)16(24)5-2-6-23-17(25)12-20-18(23)26/h1,3-4,11H,2,5-10,12-13H2,(H,20,26). The minimum Gasteiger partial charge on any atom is -0.340 e. The molecule has 1 N–H and O–H groups in total. The number of carbonyl (C=O) groups is 3. The smallest absolute Gasteiger partial charge is 0.324 e. The molecule has 0 bridgehead atoms. The molecule has 1 aromatic rings. The van der Waals surface area contributed by atoms with E-state index < -0.39 is 0 Å². The zero-order valence-electron chi connectivity index (χ0n) is 14.6. The highest BCUT2D eigenvalue weighted by molar-refractivity contribution is 6.30. The molecule has 140 valence electrons. The number of imide groups is 1. The van der Waals surface area contributed by atoms with Crippen molar-refractivity contribution in [3.63, 3.8) is 0 Å². The molecule has 8 heteroatoms. The maximum absolute atomic E-state index is 12.3. The van der Waals surface area contributed by atoms with Crippen molar-refractivity contribution in [1.82, 2.24) is 20.0 Å². The first-order valence-electron chi connectivity index (χ1n) is 8.86. The van der Waals surface area contributed by atoms with Crippen LogP contribution in [0, 0.1) is 0 Å². The molecule has 2 heterocycles. The van der Waals surface area contributed by atoms with Gasteiger partial charge in [-0.25, -0.2) is 4.79 Å². The van der Waals surface area contributed by atoms with Crippen LogP contribution in [0.15, 0.2) is 24.3 Å². The lowest BCUT2D eigenvalue weighted by molar-refractivity contribution is -0.133. The van der Waals surface area contributed by atoms with Crippen LogP contribution in [0.4, 0.5) is 4.79 Å². The molecule has 0 radical (unpaired) electrons. The fourth-order valence-corrected chi connectivity index (χ4v) is 3.49. The monoisotopic (exact) mass is 378 g/mol. The quantitative estimate of drug-likeness (QED) is 0.758. The zero-order chi connectivity index (χ0) is 18.5. The number of carbonyl (C=O) groups excluding carboxylic acids is 3. The number of nitrogens with one attached hydrogen (secondary N) is 1.